The SMILES string of the molecule is COc1cc(OC)c(C=c2sc3n(c2=O)C(c2ccccc2OC)C2=C(N=3)c3ccccc3CC2)cc1Br. The fourth-order valence-electron chi connectivity index (χ4n) is 5.33. The van der Waals surface area contributed by atoms with Gasteiger partial charge >= 0.3 is 0 Å². The molecule has 1 aliphatic heterocycles. The van der Waals surface area contributed by atoms with Gasteiger partial charge in [0.2, 0.25) is 0 Å². The number of hydrogen-bond acceptors (Lipinski definition) is 6. The maximum absolute atomic E-state index is 14.1. The molecule has 0 bridgehead atoms. The predicted molar refractivity (Wildman–Crippen MR) is 153 cm³/mol. The van der Waals surface area contributed by atoms with Crippen LogP contribution in [-0.2, 0) is 6.42 Å². The van der Waals surface area contributed by atoms with Crippen LogP contribution in [0.4, 0.5) is 0 Å². The minimum atomic E-state index is -0.308. The van der Waals surface area contributed by atoms with E-state index in [4.69, 9.17) is 19.2 Å². The summed E-state index contributed by atoms with van der Waals surface area (Å²) in [6.45, 7) is 0. The van der Waals surface area contributed by atoms with Gasteiger partial charge in [0.15, 0.2) is 4.80 Å². The minimum Gasteiger partial charge on any atom is -0.496 e. The number of aryl methyl sites for hydroxylation is 1. The average molecular weight is 590 g/mol. The number of methoxy groups -OCH3 is 3. The Hall–Kier alpha value is -3.62. The van der Waals surface area contributed by atoms with Crippen molar-refractivity contribution < 1.29 is 14.2 Å². The number of hydrogen-bond donors (Lipinski definition) is 0. The average Bonchev–Trinajstić information content (AvgIpc) is 3.26. The number of thiazole rings is 1. The summed E-state index contributed by atoms with van der Waals surface area (Å²) in [6.07, 6.45) is 3.59. The van der Waals surface area contributed by atoms with Crippen LogP contribution in [0.25, 0.3) is 11.8 Å². The van der Waals surface area contributed by atoms with E-state index in [-0.39, 0.29) is 11.6 Å². The van der Waals surface area contributed by atoms with Gasteiger partial charge in [0.25, 0.3) is 5.56 Å². The van der Waals surface area contributed by atoms with E-state index in [1.54, 1.807) is 27.4 Å². The maximum atomic E-state index is 14.1. The van der Waals surface area contributed by atoms with Crippen molar-refractivity contribution in [3.8, 4) is 17.2 Å². The Morgan fingerprint density at radius 3 is 2.47 bits per heavy atom. The third-order valence-corrected chi connectivity index (χ3v) is 8.70. The van der Waals surface area contributed by atoms with Crippen molar-refractivity contribution in [1.29, 1.82) is 0 Å². The number of nitrogens with zero attached hydrogens (tertiary/aromatic N) is 2. The van der Waals surface area contributed by atoms with E-state index >= 15 is 0 Å². The summed E-state index contributed by atoms with van der Waals surface area (Å²) in [7, 11) is 4.88. The highest BCUT2D eigenvalue weighted by Gasteiger charge is 2.34. The second-order valence-corrected chi connectivity index (χ2v) is 10.9. The van der Waals surface area contributed by atoms with Crippen molar-refractivity contribution >= 4 is 39.0 Å². The molecule has 6 rings (SSSR count). The molecule has 38 heavy (non-hydrogen) atoms. The van der Waals surface area contributed by atoms with E-state index < -0.39 is 0 Å². The van der Waals surface area contributed by atoms with E-state index in [9.17, 15) is 4.79 Å². The van der Waals surface area contributed by atoms with Gasteiger partial charge in [-0.2, -0.15) is 0 Å². The van der Waals surface area contributed by atoms with Crippen molar-refractivity contribution in [3.63, 3.8) is 0 Å². The van der Waals surface area contributed by atoms with Gasteiger partial charge in [-0.05, 0) is 58.1 Å². The minimum absolute atomic E-state index is 0.0935. The smallest absolute Gasteiger partial charge is 0.271 e. The number of fused-ring (bicyclic) bond motifs is 3. The van der Waals surface area contributed by atoms with Crippen molar-refractivity contribution in [2.45, 2.75) is 18.9 Å². The predicted octanol–water partition coefficient (Wildman–Crippen LogP) is 5.11. The Labute approximate surface area is 232 Å². The van der Waals surface area contributed by atoms with E-state index in [1.165, 1.54) is 16.9 Å². The molecule has 0 saturated heterocycles. The highest BCUT2D eigenvalue weighted by atomic mass is 79.9. The van der Waals surface area contributed by atoms with Crippen LogP contribution in [0.3, 0.4) is 0 Å². The molecule has 0 radical (unpaired) electrons. The van der Waals surface area contributed by atoms with Crippen molar-refractivity contribution in [2.24, 2.45) is 4.99 Å². The Bertz CT molecular complexity index is 1790. The first-order valence-electron chi connectivity index (χ1n) is 12.2. The first-order chi connectivity index (χ1) is 18.5. The van der Waals surface area contributed by atoms with E-state index in [0.717, 1.165) is 51.0 Å². The number of rotatable bonds is 5. The number of allylic oxidation sites excluding steroid dienone is 1. The largest absolute Gasteiger partial charge is 0.496 e. The van der Waals surface area contributed by atoms with Crippen LogP contribution in [0, 0.1) is 0 Å². The van der Waals surface area contributed by atoms with Crippen LogP contribution < -0.4 is 29.1 Å². The Morgan fingerprint density at radius 2 is 1.68 bits per heavy atom. The van der Waals surface area contributed by atoms with E-state index in [1.807, 2.05) is 47.0 Å². The highest BCUT2D eigenvalue weighted by molar-refractivity contribution is 9.10. The molecule has 2 heterocycles. The van der Waals surface area contributed by atoms with Crippen molar-refractivity contribution in [2.75, 3.05) is 21.3 Å². The molecule has 1 aromatic heterocycles. The lowest BCUT2D eigenvalue weighted by molar-refractivity contribution is 0.392. The van der Waals surface area contributed by atoms with Gasteiger partial charge in [-0.3, -0.25) is 9.36 Å². The summed E-state index contributed by atoms with van der Waals surface area (Å²) in [6, 6.07) is 19.7. The van der Waals surface area contributed by atoms with Gasteiger partial charge in [0.1, 0.15) is 17.2 Å². The third-order valence-electron chi connectivity index (χ3n) is 7.10. The molecule has 1 atom stereocenters. The fraction of sp³-hybridized carbons (Fsp3) is 0.200. The standard InChI is InChI=1S/C30H25BrN2O4S/c1-35-23-11-7-6-10-20(23)28-21-13-12-17-8-4-5-9-19(17)27(21)32-30-33(28)29(34)26(38-30)15-18-14-22(31)25(37-3)16-24(18)36-2/h4-11,14-16,28H,12-13H2,1-3H3. The first kappa shape index (κ1) is 24.7. The molecule has 1 aliphatic carbocycles. The zero-order chi connectivity index (χ0) is 26.4. The molecule has 6 nitrogen and oxygen atoms in total. The van der Waals surface area contributed by atoms with Crippen LogP contribution in [0.1, 0.15) is 34.7 Å². The lowest BCUT2D eigenvalue weighted by Crippen LogP contribution is -2.39. The zero-order valence-electron chi connectivity index (χ0n) is 21.2. The first-order valence-corrected chi connectivity index (χ1v) is 13.8. The molecule has 0 saturated carbocycles. The molecule has 0 spiro atoms. The van der Waals surface area contributed by atoms with Crippen molar-refractivity contribution in [1.82, 2.24) is 4.57 Å². The van der Waals surface area contributed by atoms with E-state index in [0.29, 0.717) is 20.8 Å². The second kappa shape index (κ2) is 9.93. The number of ether oxygens (including phenoxy) is 3. The third kappa shape index (κ3) is 3.99. The molecule has 1 unspecified atom stereocenters. The molecule has 0 N–H and O–H groups in total. The highest BCUT2D eigenvalue weighted by Crippen LogP contribution is 2.43. The number of halogens is 1. The monoisotopic (exact) mass is 588 g/mol. The van der Waals surface area contributed by atoms with Gasteiger partial charge in [-0.25, -0.2) is 4.99 Å². The molecule has 4 aromatic rings. The fourth-order valence-corrected chi connectivity index (χ4v) is 6.84. The quantitative estimate of drug-likeness (QED) is 0.325. The number of benzene rings is 3. The second-order valence-electron chi connectivity index (χ2n) is 9.08. The lowest BCUT2D eigenvalue weighted by atomic mass is 9.83. The molecule has 0 amide bonds. The summed E-state index contributed by atoms with van der Waals surface area (Å²) in [5.74, 6) is 2.02. The lowest BCUT2D eigenvalue weighted by Gasteiger charge is -2.31. The van der Waals surface area contributed by atoms with Gasteiger partial charge < -0.3 is 14.2 Å². The molecule has 192 valence electrons. The molecule has 2 aliphatic rings. The van der Waals surface area contributed by atoms with Gasteiger partial charge in [-0.1, -0.05) is 53.8 Å². The summed E-state index contributed by atoms with van der Waals surface area (Å²) >= 11 is 4.94. The van der Waals surface area contributed by atoms with Gasteiger partial charge in [0, 0.05) is 22.8 Å². The van der Waals surface area contributed by atoms with Crippen LogP contribution >= 0.6 is 27.3 Å². The van der Waals surface area contributed by atoms with E-state index in [2.05, 4.69) is 34.1 Å². The van der Waals surface area contributed by atoms with Crippen molar-refractivity contribution in [3.05, 3.63) is 113 Å². The normalized spacial score (nSPS) is 16.3. The number of aromatic nitrogens is 1. The topological polar surface area (TPSA) is 62.0 Å². The Morgan fingerprint density at radius 1 is 0.947 bits per heavy atom. The van der Waals surface area contributed by atoms with Crippen LogP contribution in [0.5, 0.6) is 17.2 Å². The molecule has 8 heteroatoms. The summed E-state index contributed by atoms with van der Waals surface area (Å²) in [5.41, 5.74) is 6.14. The summed E-state index contributed by atoms with van der Waals surface area (Å²) in [5, 5.41) is 0. The maximum Gasteiger partial charge on any atom is 0.271 e. The molecule has 0 fully saturated rings. The van der Waals surface area contributed by atoms with Crippen LogP contribution in [0.15, 0.2) is 80.5 Å². The van der Waals surface area contributed by atoms with Crippen LogP contribution in [-0.4, -0.2) is 25.9 Å². The Kier molecular flexibility index (Phi) is 6.45. The Balaban J connectivity index is 1.63. The van der Waals surface area contributed by atoms with Crippen LogP contribution in [0.2, 0.25) is 0 Å². The summed E-state index contributed by atoms with van der Waals surface area (Å²) < 4.78 is 20.0. The van der Waals surface area contributed by atoms with Gasteiger partial charge in [-0.15, -0.1) is 0 Å². The molecular formula is C30H25BrN2O4S. The summed E-state index contributed by atoms with van der Waals surface area (Å²) in [4.78, 5) is 19.8. The molecular weight excluding hydrogens is 564 g/mol. The number of para-hydroxylation sites is 1. The zero-order valence-corrected chi connectivity index (χ0v) is 23.6. The molecule has 3 aromatic carbocycles. The van der Waals surface area contributed by atoms with Gasteiger partial charge in [0.05, 0.1) is 42.1 Å².